The topological polar surface area (TPSA) is 117 Å². The van der Waals surface area contributed by atoms with E-state index in [1.54, 1.807) is 0 Å². The van der Waals surface area contributed by atoms with Gasteiger partial charge in [0.15, 0.2) is 11.6 Å². The largest absolute Gasteiger partial charge is 0.456 e. The second-order valence-electron chi connectivity index (χ2n) is 27.6. The molecule has 6 heterocycles. The summed E-state index contributed by atoms with van der Waals surface area (Å²) >= 11 is 0. The number of nitrogens with zero attached hydrogens (tertiary/aromatic N) is 6. The van der Waals surface area contributed by atoms with E-state index in [9.17, 15) is 0 Å². The van der Waals surface area contributed by atoms with Crippen LogP contribution >= 0.6 is 0 Å². The van der Waals surface area contributed by atoms with Crippen molar-refractivity contribution in [2.75, 3.05) is 0 Å². The third kappa shape index (κ3) is 12.7. The predicted octanol–water partition coefficient (Wildman–Crippen LogP) is 27.3. The lowest BCUT2D eigenvalue weighted by molar-refractivity contribution is 0.668. The Hall–Kier alpha value is -15.1. The normalized spacial score (nSPS) is 11.4. The highest BCUT2D eigenvalue weighted by Crippen LogP contribution is 2.41. The SMILES string of the molecule is c1ccc(-c2cccc(-c3ccc(-c4nc5ccccc5nc4-c4ccc5c(c4)oc4ccccc45)cc3)c2)cc1.c1ccc(-c2nc(-c3ccccc3)c3cc(-c4ccc5c(c4)oc4ccccc45)ccc3n2)cc1.c1ccc(-c2nc(-c3ccccc3)c3ccc(-c4ccc5c(c4)oc4ccccc45)cc3n2)cc1. The van der Waals surface area contributed by atoms with E-state index in [4.69, 9.17) is 43.2 Å². The van der Waals surface area contributed by atoms with Crippen molar-refractivity contribution in [3.63, 3.8) is 0 Å². The Bertz CT molecular complexity index is 7250. The van der Waals surface area contributed by atoms with E-state index in [0.717, 1.165) is 194 Å². The number of para-hydroxylation sites is 5. The summed E-state index contributed by atoms with van der Waals surface area (Å²) in [4.78, 5) is 30.1. The zero-order chi connectivity index (χ0) is 73.6. The van der Waals surface area contributed by atoms with Crippen LogP contribution in [0.4, 0.5) is 0 Å². The molecule has 0 saturated heterocycles. The van der Waals surface area contributed by atoms with Crippen LogP contribution in [0.3, 0.4) is 0 Å². The summed E-state index contributed by atoms with van der Waals surface area (Å²) in [7, 11) is 0. The molecule has 0 aliphatic carbocycles. The smallest absolute Gasteiger partial charge is 0.160 e. The van der Waals surface area contributed by atoms with Gasteiger partial charge in [-0.3, -0.25) is 0 Å². The minimum atomic E-state index is 0.724. The maximum atomic E-state index is 6.21. The first-order valence-corrected chi connectivity index (χ1v) is 37.1. The maximum Gasteiger partial charge on any atom is 0.160 e. The van der Waals surface area contributed by atoms with Gasteiger partial charge >= 0.3 is 0 Å². The van der Waals surface area contributed by atoms with Gasteiger partial charge in [0.05, 0.1) is 44.8 Å². The summed E-state index contributed by atoms with van der Waals surface area (Å²) in [6, 6.07) is 133. The highest BCUT2D eigenvalue weighted by atomic mass is 16.3. The zero-order valence-corrected chi connectivity index (χ0v) is 59.9. The second-order valence-corrected chi connectivity index (χ2v) is 27.6. The Balaban J connectivity index is 0.000000109. The van der Waals surface area contributed by atoms with E-state index in [2.05, 4.69) is 218 Å². The van der Waals surface area contributed by atoms with Gasteiger partial charge in [0.25, 0.3) is 0 Å². The molecule has 0 saturated carbocycles. The van der Waals surface area contributed by atoms with Crippen LogP contribution in [-0.2, 0) is 0 Å². The number of fused-ring (bicyclic) bond motifs is 12. The molecule has 0 N–H and O–H groups in total. The molecule has 0 atom stereocenters. The molecular weight excluding hydrogens is 1360 g/mol. The predicted molar refractivity (Wildman–Crippen MR) is 455 cm³/mol. The Morgan fingerprint density at radius 1 is 0.135 bits per heavy atom. The number of furan rings is 3. The number of aromatic nitrogens is 6. The van der Waals surface area contributed by atoms with E-state index < -0.39 is 0 Å². The molecule has 6 aromatic heterocycles. The molecule has 0 amide bonds. The maximum absolute atomic E-state index is 6.21. The first-order valence-electron chi connectivity index (χ1n) is 37.1. The summed E-state index contributed by atoms with van der Waals surface area (Å²) < 4.78 is 18.5. The Kier molecular flexibility index (Phi) is 16.7. The summed E-state index contributed by atoms with van der Waals surface area (Å²) in [5.74, 6) is 1.45. The summed E-state index contributed by atoms with van der Waals surface area (Å²) in [5, 5.41) is 8.81. The zero-order valence-electron chi connectivity index (χ0n) is 59.9. The van der Waals surface area contributed by atoms with Gasteiger partial charge in [-0.15, -0.1) is 0 Å². The van der Waals surface area contributed by atoms with Crippen LogP contribution in [0.25, 0.3) is 211 Å². The van der Waals surface area contributed by atoms with Gasteiger partial charge in [0.2, 0.25) is 0 Å². The van der Waals surface area contributed by atoms with E-state index in [1.165, 1.54) is 16.7 Å². The molecule has 0 spiro atoms. The third-order valence-corrected chi connectivity index (χ3v) is 20.7. The van der Waals surface area contributed by atoms with Crippen LogP contribution in [0.2, 0.25) is 0 Å². The van der Waals surface area contributed by atoms with Crippen LogP contribution in [-0.4, -0.2) is 29.9 Å². The van der Waals surface area contributed by atoms with Crippen molar-refractivity contribution in [2.24, 2.45) is 0 Å². The number of benzene rings is 16. The van der Waals surface area contributed by atoms with Crippen LogP contribution in [0.5, 0.6) is 0 Å². The first kappa shape index (κ1) is 65.5. The first-order chi connectivity index (χ1) is 55.0. The lowest BCUT2D eigenvalue weighted by Crippen LogP contribution is -1.95. The minimum absolute atomic E-state index is 0.724. The van der Waals surface area contributed by atoms with Gasteiger partial charge in [-0.05, 0) is 142 Å². The molecule has 0 aliphatic rings. The Morgan fingerprint density at radius 3 is 0.937 bits per heavy atom. The van der Waals surface area contributed by atoms with E-state index in [1.807, 2.05) is 170 Å². The lowest BCUT2D eigenvalue weighted by atomic mass is 9.97. The van der Waals surface area contributed by atoms with Crippen molar-refractivity contribution in [3.8, 4) is 112 Å². The summed E-state index contributed by atoms with van der Waals surface area (Å²) in [5.41, 5.74) is 27.8. The van der Waals surface area contributed by atoms with Gasteiger partial charge in [-0.2, -0.15) is 0 Å². The molecule has 0 unspecified atom stereocenters. The molecule has 16 aromatic carbocycles. The molecule has 9 nitrogen and oxygen atoms in total. The monoisotopic (exact) mass is 1420 g/mol. The fraction of sp³-hybridized carbons (Fsp3) is 0. The highest BCUT2D eigenvalue weighted by Gasteiger charge is 2.20. The van der Waals surface area contributed by atoms with Crippen LogP contribution < -0.4 is 0 Å². The van der Waals surface area contributed by atoms with Crippen molar-refractivity contribution < 1.29 is 13.3 Å². The molecule has 111 heavy (non-hydrogen) atoms. The van der Waals surface area contributed by atoms with Crippen LogP contribution in [0.1, 0.15) is 0 Å². The molecule has 0 bridgehead atoms. The van der Waals surface area contributed by atoms with Gasteiger partial charge in [0, 0.05) is 76.5 Å². The molecule has 520 valence electrons. The van der Waals surface area contributed by atoms with Gasteiger partial charge < -0.3 is 13.3 Å². The molecule has 9 heteroatoms. The molecule has 0 radical (unpaired) electrons. The highest BCUT2D eigenvalue weighted by molar-refractivity contribution is 6.09. The molecule has 0 aliphatic heterocycles. The van der Waals surface area contributed by atoms with Crippen molar-refractivity contribution in [3.05, 3.63) is 388 Å². The summed E-state index contributed by atoms with van der Waals surface area (Å²) in [6.07, 6.45) is 0. The fourth-order valence-corrected chi connectivity index (χ4v) is 15.1. The van der Waals surface area contributed by atoms with Crippen molar-refractivity contribution >= 4 is 98.7 Å². The van der Waals surface area contributed by atoms with Gasteiger partial charge in [-0.25, -0.2) is 29.9 Å². The van der Waals surface area contributed by atoms with Gasteiger partial charge in [-0.1, -0.05) is 291 Å². The minimum Gasteiger partial charge on any atom is -0.456 e. The average Bonchev–Trinajstić information content (AvgIpc) is 1.48. The number of hydrogen-bond donors (Lipinski definition) is 0. The van der Waals surface area contributed by atoms with Crippen LogP contribution in [0.15, 0.2) is 401 Å². The average molecular weight is 1420 g/mol. The van der Waals surface area contributed by atoms with E-state index in [0.29, 0.717) is 0 Å². The second kappa shape index (κ2) is 28.3. The summed E-state index contributed by atoms with van der Waals surface area (Å²) in [6.45, 7) is 0. The Morgan fingerprint density at radius 2 is 0.441 bits per heavy atom. The van der Waals surface area contributed by atoms with Crippen LogP contribution in [0, 0.1) is 0 Å². The van der Waals surface area contributed by atoms with E-state index in [-0.39, 0.29) is 0 Å². The quantitative estimate of drug-likeness (QED) is 0.132. The lowest BCUT2D eigenvalue weighted by Gasteiger charge is -2.12. The van der Waals surface area contributed by atoms with Crippen molar-refractivity contribution in [1.82, 2.24) is 29.9 Å². The van der Waals surface area contributed by atoms with Crippen molar-refractivity contribution in [2.45, 2.75) is 0 Å². The molecule has 0 fully saturated rings. The fourth-order valence-electron chi connectivity index (χ4n) is 15.1. The standard InChI is InChI=1S/C38H24N2O.2C32H20N2O/c1-2-9-25(10-3-1)28-11-8-12-29(23-28)26-17-19-27(20-18-26)37-38(40-34-15-6-5-14-33(34)39-37)30-21-22-32-31-13-4-7-16-35(31)41-36(32)24-30;1-3-9-21(10-4-1)31-27-19-23(16-18-28(27)33-32(34-31)22-11-5-2-6-12-22)24-15-17-26-25-13-7-8-14-29(25)35-30(26)20-24;1-3-9-21(10-4-1)31-27-18-16-23(19-28(27)33-32(34-31)22-11-5-2-6-12-22)24-15-17-26-25-13-7-8-14-29(25)35-30(26)20-24/h1-24H;2*1-20H. The third-order valence-electron chi connectivity index (χ3n) is 20.7. The van der Waals surface area contributed by atoms with E-state index >= 15 is 0 Å². The molecule has 22 rings (SSSR count). The molecule has 22 aromatic rings. The number of rotatable bonds is 10. The molecular formula is C102H64N6O3. The number of hydrogen-bond acceptors (Lipinski definition) is 9. The van der Waals surface area contributed by atoms with Gasteiger partial charge in [0.1, 0.15) is 33.5 Å². The Labute approximate surface area is 638 Å². The van der Waals surface area contributed by atoms with Crippen molar-refractivity contribution in [1.29, 1.82) is 0 Å².